The first kappa shape index (κ1) is 29.0. The molecule has 3 aliphatic heterocycles. The number of carbonyl (C=O) groups excluding carboxylic acids is 3. The van der Waals surface area contributed by atoms with Crippen molar-refractivity contribution >= 4 is 40.0 Å². The summed E-state index contributed by atoms with van der Waals surface area (Å²) >= 11 is 0. The summed E-state index contributed by atoms with van der Waals surface area (Å²) in [6.07, 6.45) is 2.97. The zero-order valence-electron chi connectivity index (χ0n) is 26.1. The molecule has 11 nitrogen and oxygen atoms in total. The normalized spacial score (nSPS) is 18.3. The van der Waals surface area contributed by atoms with Gasteiger partial charge in [-0.25, -0.2) is 4.98 Å². The van der Waals surface area contributed by atoms with Gasteiger partial charge in [0.25, 0.3) is 5.91 Å². The van der Waals surface area contributed by atoms with Crippen LogP contribution < -0.4 is 15.1 Å². The lowest BCUT2D eigenvalue weighted by molar-refractivity contribution is -0.134. The number of nitrogens with one attached hydrogen (secondary N) is 1. The molecule has 0 bridgehead atoms. The van der Waals surface area contributed by atoms with Crippen LogP contribution in [-0.4, -0.2) is 74.6 Å². The standard InChI is InChI=1S/C36H34N8O3/c1-23-40-37-22-43(23)32-7-3-6-31(38-32)42-18-16-41(17-19-42)21-25-10-8-24(9-11-25)20-26-12-13-29-34-27(26)4-2-5-28(34)36(47)44(29)30-14-15-33(45)39-35(30)46/h2-13,22,30H,14-21H2,1H3,(H,39,45,46). The molecule has 1 atom stereocenters. The topological polar surface area (TPSA) is 117 Å². The summed E-state index contributed by atoms with van der Waals surface area (Å²) in [5.41, 5.74) is 4.94. The lowest BCUT2D eigenvalue weighted by atomic mass is 9.95. The zero-order valence-corrected chi connectivity index (χ0v) is 26.1. The number of aryl methyl sites for hydroxylation is 1. The van der Waals surface area contributed by atoms with E-state index >= 15 is 0 Å². The second kappa shape index (κ2) is 11.7. The quantitative estimate of drug-likeness (QED) is 0.271. The number of benzene rings is 3. The predicted molar refractivity (Wildman–Crippen MR) is 178 cm³/mol. The molecule has 1 unspecified atom stereocenters. The molecule has 3 aromatic carbocycles. The molecule has 0 radical (unpaired) electrons. The van der Waals surface area contributed by atoms with Gasteiger partial charge in [0.2, 0.25) is 11.8 Å². The second-order valence-electron chi connectivity index (χ2n) is 12.5. The number of anilines is 2. The summed E-state index contributed by atoms with van der Waals surface area (Å²) in [4.78, 5) is 49.1. The Labute approximate surface area is 271 Å². The summed E-state index contributed by atoms with van der Waals surface area (Å²) in [5.74, 6) is 1.71. The molecular formula is C36H34N8O3. The average molecular weight is 627 g/mol. The van der Waals surface area contributed by atoms with Gasteiger partial charge in [0.15, 0.2) is 0 Å². The largest absolute Gasteiger partial charge is 0.354 e. The minimum atomic E-state index is -0.685. The smallest absolute Gasteiger partial charge is 0.259 e. The number of amides is 3. The number of pyridine rings is 1. The third-order valence-electron chi connectivity index (χ3n) is 9.54. The Morgan fingerprint density at radius 1 is 0.851 bits per heavy atom. The molecule has 11 heteroatoms. The van der Waals surface area contributed by atoms with Gasteiger partial charge in [-0.05, 0) is 66.1 Å². The molecule has 5 aromatic rings. The molecule has 0 spiro atoms. The molecule has 8 rings (SSSR count). The van der Waals surface area contributed by atoms with Crippen molar-refractivity contribution in [2.45, 2.75) is 38.8 Å². The predicted octanol–water partition coefficient (Wildman–Crippen LogP) is 3.80. The lowest BCUT2D eigenvalue weighted by Crippen LogP contribution is -2.53. The van der Waals surface area contributed by atoms with Crippen molar-refractivity contribution in [1.29, 1.82) is 0 Å². The summed E-state index contributed by atoms with van der Waals surface area (Å²) in [7, 11) is 0. The van der Waals surface area contributed by atoms with Crippen LogP contribution in [-0.2, 0) is 22.6 Å². The van der Waals surface area contributed by atoms with Crippen LogP contribution in [0.3, 0.4) is 0 Å². The van der Waals surface area contributed by atoms with E-state index in [2.05, 4.69) is 67.8 Å². The third kappa shape index (κ3) is 5.32. The van der Waals surface area contributed by atoms with Crippen LogP contribution in [0.25, 0.3) is 16.6 Å². The lowest BCUT2D eigenvalue weighted by Gasteiger charge is -2.35. The van der Waals surface area contributed by atoms with Gasteiger partial charge in [-0.15, -0.1) is 10.2 Å². The summed E-state index contributed by atoms with van der Waals surface area (Å²) in [6, 6.07) is 24.0. The van der Waals surface area contributed by atoms with Gasteiger partial charge in [0.1, 0.15) is 29.8 Å². The molecule has 3 aliphatic rings. The number of carbonyl (C=O) groups is 3. The molecule has 2 aromatic heterocycles. The van der Waals surface area contributed by atoms with Crippen molar-refractivity contribution in [2.75, 3.05) is 36.0 Å². The molecule has 1 N–H and O–H groups in total. The van der Waals surface area contributed by atoms with Crippen LogP contribution in [0.15, 0.2) is 79.1 Å². The van der Waals surface area contributed by atoms with Crippen molar-refractivity contribution in [3.8, 4) is 5.82 Å². The van der Waals surface area contributed by atoms with E-state index in [0.717, 1.165) is 78.6 Å². The fourth-order valence-corrected chi connectivity index (χ4v) is 7.07. The number of hydrogen-bond donors (Lipinski definition) is 1. The number of nitrogens with zero attached hydrogens (tertiary/aromatic N) is 7. The molecular weight excluding hydrogens is 592 g/mol. The fourth-order valence-electron chi connectivity index (χ4n) is 7.07. The Bertz CT molecular complexity index is 2030. The first-order valence-electron chi connectivity index (χ1n) is 16.0. The Kier molecular flexibility index (Phi) is 7.25. The van der Waals surface area contributed by atoms with E-state index in [1.807, 2.05) is 41.8 Å². The number of rotatable bonds is 7. The van der Waals surface area contributed by atoms with Crippen LogP contribution in [0.1, 0.15) is 45.7 Å². The number of piperidine rings is 1. The van der Waals surface area contributed by atoms with Crippen molar-refractivity contribution < 1.29 is 14.4 Å². The van der Waals surface area contributed by atoms with Gasteiger partial charge < -0.3 is 4.90 Å². The van der Waals surface area contributed by atoms with Gasteiger partial charge in [-0.1, -0.05) is 48.5 Å². The number of piperazine rings is 1. The highest BCUT2D eigenvalue weighted by Crippen LogP contribution is 2.41. The SMILES string of the molecule is Cc1nncn1-c1cccc(N2CCN(Cc3ccc(Cc4ccc5c6c(cccc46)C(=O)N5C4CCC(=O)NC4=O)cc3)CC2)n1. The number of aromatic nitrogens is 4. The van der Waals surface area contributed by atoms with E-state index in [1.165, 1.54) is 11.1 Å². The highest BCUT2D eigenvalue weighted by molar-refractivity contribution is 6.27. The van der Waals surface area contributed by atoms with E-state index < -0.39 is 11.9 Å². The highest BCUT2D eigenvalue weighted by atomic mass is 16.2. The maximum atomic E-state index is 13.5. The van der Waals surface area contributed by atoms with E-state index in [0.29, 0.717) is 12.0 Å². The maximum absolute atomic E-state index is 13.5. The molecule has 5 heterocycles. The van der Waals surface area contributed by atoms with Gasteiger partial charge in [-0.2, -0.15) is 0 Å². The van der Waals surface area contributed by atoms with Gasteiger partial charge >= 0.3 is 0 Å². The van der Waals surface area contributed by atoms with E-state index in [9.17, 15) is 14.4 Å². The van der Waals surface area contributed by atoms with Crippen LogP contribution in [0.5, 0.6) is 0 Å². The number of hydrogen-bond acceptors (Lipinski definition) is 8. The summed E-state index contributed by atoms with van der Waals surface area (Å²) in [5, 5.41) is 12.3. The molecule has 2 saturated heterocycles. The second-order valence-corrected chi connectivity index (χ2v) is 12.5. The molecule has 236 valence electrons. The first-order chi connectivity index (χ1) is 22.9. The van der Waals surface area contributed by atoms with Gasteiger partial charge in [0, 0.05) is 50.1 Å². The maximum Gasteiger partial charge on any atom is 0.259 e. The van der Waals surface area contributed by atoms with Crippen molar-refractivity contribution in [3.05, 3.63) is 107 Å². The third-order valence-corrected chi connectivity index (χ3v) is 9.54. The fraction of sp³-hybridized carbons (Fsp3) is 0.278. The minimum absolute atomic E-state index is 0.186. The van der Waals surface area contributed by atoms with E-state index in [1.54, 1.807) is 11.2 Å². The Hall–Kier alpha value is -5.42. The van der Waals surface area contributed by atoms with Crippen LogP contribution >= 0.6 is 0 Å². The summed E-state index contributed by atoms with van der Waals surface area (Å²) in [6.45, 7) is 6.53. The Morgan fingerprint density at radius 2 is 1.62 bits per heavy atom. The first-order valence-corrected chi connectivity index (χ1v) is 16.0. The summed E-state index contributed by atoms with van der Waals surface area (Å²) < 4.78 is 1.90. The van der Waals surface area contributed by atoms with Crippen molar-refractivity contribution in [3.63, 3.8) is 0 Å². The van der Waals surface area contributed by atoms with Crippen molar-refractivity contribution in [1.82, 2.24) is 30.0 Å². The molecule has 0 saturated carbocycles. The zero-order chi connectivity index (χ0) is 32.1. The highest BCUT2D eigenvalue weighted by Gasteiger charge is 2.40. The molecule has 2 fully saturated rings. The van der Waals surface area contributed by atoms with Crippen molar-refractivity contribution in [2.24, 2.45) is 0 Å². The molecule has 47 heavy (non-hydrogen) atoms. The Morgan fingerprint density at radius 3 is 2.38 bits per heavy atom. The van der Waals surface area contributed by atoms with E-state index in [4.69, 9.17) is 4.98 Å². The molecule has 0 aliphatic carbocycles. The van der Waals surface area contributed by atoms with Crippen LogP contribution in [0.4, 0.5) is 11.5 Å². The van der Waals surface area contributed by atoms with Crippen LogP contribution in [0.2, 0.25) is 0 Å². The average Bonchev–Trinajstić information content (AvgIpc) is 3.65. The molecule has 3 amide bonds. The van der Waals surface area contributed by atoms with Gasteiger partial charge in [-0.3, -0.25) is 34.1 Å². The minimum Gasteiger partial charge on any atom is -0.354 e. The Balaban J connectivity index is 0.927. The van der Waals surface area contributed by atoms with E-state index in [-0.39, 0.29) is 18.2 Å². The monoisotopic (exact) mass is 626 g/mol. The van der Waals surface area contributed by atoms with Crippen LogP contribution in [0, 0.1) is 6.92 Å². The van der Waals surface area contributed by atoms with Gasteiger partial charge in [0.05, 0.1) is 5.69 Å². The number of imide groups is 1.